The summed E-state index contributed by atoms with van der Waals surface area (Å²) in [6, 6.07) is 5.36. The SMILES string of the molecule is CC1(CNC(=O)c2cccc(Br)c2Cl)CCOCC1. The van der Waals surface area contributed by atoms with Crippen LogP contribution >= 0.6 is 27.5 Å². The molecule has 1 aromatic rings. The van der Waals surface area contributed by atoms with E-state index in [1.165, 1.54) is 0 Å². The Kier molecular flexibility index (Phi) is 4.87. The van der Waals surface area contributed by atoms with Crippen LogP contribution in [-0.4, -0.2) is 25.7 Å². The normalized spacial score (nSPS) is 18.1. The van der Waals surface area contributed by atoms with Crippen LogP contribution in [-0.2, 0) is 4.74 Å². The average molecular weight is 347 g/mol. The number of benzene rings is 1. The highest BCUT2D eigenvalue weighted by Crippen LogP contribution is 2.29. The molecule has 1 amide bonds. The van der Waals surface area contributed by atoms with Gasteiger partial charge >= 0.3 is 0 Å². The van der Waals surface area contributed by atoms with E-state index in [1.54, 1.807) is 12.1 Å². The number of carbonyl (C=O) groups excluding carboxylic acids is 1. The first kappa shape index (κ1) is 14.8. The van der Waals surface area contributed by atoms with Crippen molar-refractivity contribution in [1.82, 2.24) is 5.32 Å². The molecule has 0 unspecified atom stereocenters. The number of hydrogen-bond acceptors (Lipinski definition) is 2. The standard InChI is InChI=1S/C14H17BrClNO2/c1-14(5-7-19-8-6-14)9-17-13(18)10-3-2-4-11(15)12(10)16/h2-4H,5-9H2,1H3,(H,17,18). The molecule has 0 atom stereocenters. The van der Waals surface area contributed by atoms with Gasteiger partial charge in [0.1, 0.15) is 0 Å². The Morgan fingerprint density at radius 1 is 1.47 bits per heavy atom. The lowest BCUT2D eigenvalue weighted by Crippen LogP contribution is -2.39. The van der Waals surface area contributed by atoms with Gasteiger partial charge in [0.15, 0.2) is 0 Å². The van der Waals surface area contributed by atoms with E-state index in [1.807, 2.05) is 6.07 Å². The van der Waals surface area contributed by atoms with E-state index in [0.717, 1.165) is 30.5 Å². The zero-order chi connectivity index (χ0) is 13.9. The van der Waals surface area contributed by atoms with Gasteiger partial charge in [-0.15, -0.1) is 0 Å². The summed E-state index contributed by atoms with van der Waals surface area (Å²) in [4.78, 5) is 12.2. The van der Waals surface area contributed by atoms with Gasteiger partial charge in [-0.1, -0.05) is 24.6 Å². The van der Waals surface area contributed by atoms with Crippen molar-refractivity contribution in [3.8, 4) is 0 Å². The van der Waals surface area contributed by atoms with Crippen molar-refractivity contribution >= 4 is 33.4 Å². The molecule has 104 valence electrons. The van der Waals surface area contributed by atoms with Crippen LogP contribution in [0, 0.1) is 5.41 Å². The largest absolute Gasteiger partial charge is 0.381 e. The zero-order valence-electron chi connectivity index (χ0n) is 10.8. The molecule has 1 aromatic carbocycles. The first-order valence-corrected chi connectivity index (χ1v) is 7.49. The van der Waals surface area contributed by atoms with Crippen molar-refractivity contribution in [2.24, 2.45) is 5.41 Å². The summed E-state index contributed by atoms with van der Waals surface area (Å²) in [5, 5.41) is 3.43. The Balaban J connectivity index is 1.99. The van der Waals surface area contributed by atoms with Crippen LogP contribution < -0.4 is 5.32 Å². The molecular formula is C14H17BrClNO2. The third-order valence-corrected chi connectivity index (χ3v) is 4.87. The highest BCUT2D eigenvalue weighted by Gasteiger charge is 2.28. The minimum atomic E-state index is -0.126. The Labute approximate surface area is 126 Å². The Morgan fingerprint density at radius 3 is 2.84 bits per heavy atom. The number of amides is 1. The van der Waals surface area contributed by atoms with Crippen molar-refractivity contribution in [1.29, 1.82) is 0 Å². The average Bonchev–Trinajstić information content (AvgIpc) is 2.40. The van der Waals surface area contributed by atoms with Crippen molar-refractivity contribution < 1.29 is 9.53 Å². The summed E-state index contributed by atoms with van der Waals surface area (Å²) in [7, 11) is 0. The third-order valence-electron chi connectivity index (χ3n) is 3.57. The first-order chi connectivity index (χ1) is 9.02. The van der Waals surface area contributed by atoms with Gasteiger partial charge in [-0.3, -0.25) is 4.79 Å². The minimum Gasteiger partial charge on any atom is -0.381 e. The molecule has 0 saturated carbocycles. The van der Waals surface area contributed by atoms with Gasteiger partial charge in [0.25, 0.3) is 5.91 Å². The van der Waals surface area contributed by atoms with E-state index in [0.29, 0.717) is 17.1 Å². The number of hydrogen-bond donors (Lipinski definition) is 1. The molecule has 3 nitrogen and oxygen atoms in total. The molecular weight excluding hydrogens is 330 g/mol. The second-order valence-electron chi connectivity index (χ2n) is 5.21. The van der Waals surface area contributed by atoms with Gasteiger partial charge in [-0.2, -0.15) is 0 Å². The van der Waals surface area contributed by atoms with Gasteiger partial charge in [0, 0.05) is 24.2 Å². The molecule has 1 saturated heterocycles. The second-order valence-corrected chi connectivity index (χ2v) is 6.44. The van der Waals surface area contributed by atoms with Gasteiger partial charge in [-0.05, 0) is 46.3 Å². The van der Waals surface area contributed by atoms with Gasteiger partial charge in [0.2, 0.25) is 0 Å². The van der Waals surface area contributed by atoms with Crippen LogP contribution in [0.15, 0.2) is 22.7 Å². The number of halogens is 2. The lowest BCUT2D eigenvalue weighted by Gasteiger charge is -2.33. The number of rotatable bonds is 3. The van der Waals surface area contributed by atoms with Gasteiger partial charge in [-0.25, -0.2) is 0 Å². The predicted molar refractivity (Wildman–Crippen MR) is 79.6 cm³/mol. The van der Waals surface area contributed by atoms with Crippen molar-refractivity contribution in [3.63, 3.8) is 0 Å². The molecule has 0 spiro atoms. The maximum absolute atomic E-state index is 12.2. The molecule has 1 heterocycles. The quantitative estimate of drug-likeness (QED) is 0.907. The monoisotopic (exact) mass is 345 g/mol. The number of nitrogens with one attached hydrogen (secondary N) is 1. The van der Waals surface area contributed by atoms with Crippen LogP contribution in [0.4, 0.5) is 0 Å². The second kappa shape index (κ2) is 6.25. The third kappa shape index (κ3) is 3.71. The van der Waals surface area contributed by atoms with Crippen molar-refractivity contribution in [2.75, 3.05) is 19.8 Å². The fourth-order valence-electron chi connectivity index (χ4n) is 2.11. The Hall–Kier alpha value is -0.580. The van der Waals surface area contributed by atoms with Gasteiger partial charge in [0.05, 0.1) is 10.6 Å². The number of ether oxygens (including phenoxy) is 1. The fraction of sp³-hybridized carbons (Fsp3) is 0.500. The van der Waals surface area contributed by atoms with E-state index >= 15 is 0 Å². The summed E-state index contributed by atoms with van der Waals surface area (Å²) in [6.45, 7) is 4.37. The molecule has 1 aliphatic heterocycles. The topological polar surface area (TPSA) is 38.3 Å². The Bertz CT molecular complexity index is 473. The molecule has 0 bridgehead atoms. The number of carbonyl (C=O) groups is 1. The van der Waals surface area contributed by atoms with Crippen LogP contribution in [0.3, 0.4) is 0 Å². The minimum absolute atomic E-state index is 0.117. The fourth-order valence-corrected chi connectivity index (χ4v) is 2.69. The molecule has 1 aliphatic rings. The molecule has 5 heteroatoms. The lowest BCUT2D eigenvalue weighted by molar-refractivity contribution is 0.0238. The Morgan fingerprint density at radius 2 is 2.16 bits per heavy atom. The van der Waals surface area contributed by atoms with Crippen LogP contribution in [0.2, 0.25) is 5.02 Å². The smallest absolute Gasteiger partial charge is 0.252 e. The summed E-state index contributed by atoms with van der Waals surface area (Å²) >= 11 is 9.44. The van der Waals surface area contributed by atoms with E-state index in [2.05, 4.69) is 28.2 Å². The maximum atomic E-state index is 12.2. The zero-order valence-corrected chi connectivity index (χ0v) is 13.2. The van der Waals surface area contributed by atoms with E-state index in [-0.39, 0.29) is 11.3 Å². The summed E-state index contributed by atoms with van der Waals surface area (Å²) in [6.07, 6.45) is 1.94. The molecule has 0 aromatic heterocycles. The van der Waals surface area contributed by atoms with E-state index in [9.17, 15) is 4.79 Å². The highest BCUT2D eigenvalue weighted by molar-refractivity contribution is 9.10. The van der Waals surface area contributed by atoms with E-state index < -0.39 is 0 Å². The molecule has 1 fully saturated rings. The highest BCUT2D eigenvalue weighted by atomic mass is 79.9. The van der Waals surface area contributed by atoms with Crippen molar-refractivity contribution in [3.05, 3.63) is 33.3 Å². The van der Waals surface area contributed by atoms with Crippen LogP contribution in [0.25, 0.3) is 0 Å². The summed E-state index contributed by atoms with van der Waals surface area (Å²) in [5.41, 5.74) is 0.624. The van der Waals surface area contributed by atoms with Crippen LogP contribution in [0.1, 0.15) is 30.1 Å². The molecule has 2 rings (SSSR count). The summed E-state index contributed by atoms with van der Waals surface area (Å²) in [5.74, 6) is -0.126. The summed E-state index contributed by atoms with van der Waals surface area (Å²) < 4.78 is 6.09. The van der Waals surface area contributed by atoms with Crippen LogP contribution in [0.5, 0.6) is 0 Å². The predicted octanol–water partition coefficient (Wildman–Crippen LogP) is 3.65. The molecule has 0 radical (unpaired) electrons. The lowest BCUT2D eigenvalue weighted by atomic mass is 9.82. The molecule has 19 heavy (non-hydrogen) atoms. The van der Waals surface area contributed by atoms with E-state index in [4.69, 9.17) is 16.3 Å². The maximum Gasteiger partial charge on any atom is 0.252 e. The van der Waals surface area contributed by atoms with Gasteiger partial charge < -0.3 is 10.1 Å². The first-order valence-electron chi connectivity index (χ1n) is 6.32. The molecule has 1 N–H and O–H groups in total. The van der Waals surface area contributed by atoms with Crippen molar-refractivity contribution in [2.45, 2.75) is 19.8 Å². The molecule has 0 aliphatic carbocycles.